The summed E-state index contributed by atoms with van der Waals surface area (Å²) in [4.78, 5) is 8.30. The molecule has 0 unspecified atom stereocenters. The summed E-state index contributed by atoms with van der Waals surface area (Å²) in [7, 11) is 0. The summed E-state index contributed by atoms with van der Waals surface area (Å²) in [6, 6.07) is 9.43. The van der Waals surface area contributed by atoms with E-state index in [1.807, 2.05) is 30.3 Å². The van der Waals surface area contributed by atoms with Crippen LogP contribution in [0.4, 0.5) is 0 Å². The number of pyridine rings is 2. The Morgan fingerprint density at radius 1 is 1.13 bits per heavy atom. The predicted octanol–water partition coefficient (Wildman–Crippen LogP) is 2.39. The first kappa shape index (κ1) is 12.2. The van der Waals surface area contributed by atoms with Gasteiger partial charge in [-0.15, -0.1) is 12.3 Å². The maximum absolute atomic E-state index is 5.33. The van der Waals surface area contributed by atoms with Crippen molar-refractivity contribution in [2.24, 2.45) is 0 Å². The summed E-state index contributed by atoms with van der Waals surface area (Å²) in [5, 5.41) is 0. The molecule has 0 amide bonds. The van der Waals surface area contributed by atoms with Crippen LogP contribution in [-0.2, 0) is 32.7 Å². The van der Waals surface area contributed by atoms with Crippen molar-refractivity contribution in [1.29, 1.82) is 0 Å². The Kier molecular flexibility index (Phi) is 4.79. The van der Waals surface area contributed by atoms with Crippen molar-refractivity contribution in [1.82, 2.24) is 9.97 Å². The van der Waals surface area contributed by atoms with Gasteiger partial charge in [-0.25, -0.2) is 6.07 Å². The largest absolute Gasteiger partial charge is 0.371 e. The van der Waals surface area contributed by atoms with Crippen molar-refractivity contribution in [2.75, 3.05) is 0 Å². The Morgan fingerprint density at radius 2 is 2.00 bits per heavy atom. The molecule has 0 N–H and O–H groups in total. The smallest absolute Gasteiger partial charge is 0.0465 e. The molecule has 0 aliphatic carbocycles. The van der Waals surface area contributed by atoms with E-state index in [9.17, 15) is 0 Å². The van der Waals surface area contributed by atoms with Crippen LogP contribution in [0.2, 0.25) is 0 Å². The van der Waals surface area contributed by atoms with E-state index in [0.29, 0.717) is 0 Å². The van der Waals surface area contributed by atoms with Gasteiger partial charge in [-0.05, 0) is 12.1 Å². The molecule has 0 aliphatic heterocycles. The molecule has 0 aliphatic rings. The maximum Gasteiger partial charge on any atom is 0.0465 e. The molecule has 0 aromatic carbocycles. The Morgan fingerprint density at radius 3 is 2.53 bits per heavy atom. The van der Waals surface area contributed by atoms with Crippen LogP contribution in [0.5, 0.6) is 0 Å². The zero-order valence-electron chi connectivity index (χ0n) is 8.09. The normalized spacial score (nSPS) is 9.07. The third-order valence-electron chi connectivity index (χ3n) is 1.83. The van der Waals surface area contributed by atoms with E-state index in [2.05, 4.69) is 16.2 Å². The van der Waals surface area contributed by atoms with Gasteiger partial charge in [0, 0.05) is 50.3 Å². The molecule has 2 aromatic rings. The van der Waals surface area contributed by atoms with E-state index in [0.717, 1.165) is 17.0 Å². The van der Waals surface area contributed by atoms with Crippen LogP contribution < -0.4 is 0 Å². The van der Waals surface area contributed by atoms with Gasteiger partial charge in [0.05, 0.1) is 0 Å². The molecule has 0 saturated carbocycles. The fourth-order valence-corrected chi connectivity index (χ4v) is 1.12. The molecule has 2 aromatic heterocycles. The van der Waals surface area contributed by atoms with Gasteiger partial charge >= 0.3 is 0 Å². The van der Waals surface area contributed by atoms with Crippen LogP contribution in [0.3, 0.4) is 0 Å². The first-order valence-electron chi connectivity index (χ1n) is 4.25. The van der Waals surface area contributed by atoms with Crippen LogP contribution in [0.25, 0.3) is 17.5 Å². The number of hydrogen-bond donors (Lipinski definition) is 0. The van der Waals surface area contributed by atoms with Crippen molar-refractivity contribution in [3.63, 3.8) is 0 Å². The molecule has 2 nitrogen and oxygen atoms in total. The van der Waals surface area contributed by atoms with Crippen molar-refractivity contribution in [2.45, 2.75) is 0 Å². The molecule has 0 spiro atoms. The fourth-order valence-electron chi connectivity index (χ4n) is 1.12. The molecule has 0 bridgehead atoms. The first-order valence-corrected chi connectivity index (χ1v) is 4.25. The van der Waals surface area contributed by atoms with Crippen molar-refractivity contribution >= 4 is 6.08 Å². The molecule has 2 heterocycles. The van der Waals surface area contributed by atoms with E-state index in [4.69, 9.17) is 6.58 Å². The van der Waals surface area contributed by atoms with Gasteiger partial charge in [0.1, 0.15) is 0 Å². The average molecular weight is 269 g/mol. The van der Waals surface area contributed by atoms with Gasteiger partial charge in [0.2, 0.25) is 0 Å². The molecule has 71 valence electrons. The van der Waals surface area contributed by atoms with Crippen molar-refractivity contribution in [3.8, 4) is 11.4 Å². The molecule has 1 radical (unpaired) electrons. The summed E-state index contributed by atoms with van der Waals surface area (Å²) < 4.78 is 0. The third-order valence-corrected chi connectivity index (χ3v) is 1.83. The summed E-state index contributed by atoms with van der Waals surface area (Å²) >= 11 is 0. The molecule has 2 rings (SSSR count). The van der Waals surface area contributed by atoms with Crippen LogP contribution in [-0.4, -0.2) is 9.97 Å². The second-order valence-electron chi connectivity index (χ2n) is 2.78. The number of aromatic nitrogens is 2. The zero-order valence-corrected chi connectivity index (χ0v) is 10.9. The third kappa shape index (κ3) is 3.05. The topological polar surface area (TPSA) is 25.8 Å². The zero-order chi connectivity index (χ0) is 9.80. The predicted molar refractivity (Wildman–Crippen MR) is 55.1 cm³/mol. The number of nitrogens with zero attached hydrogens (tertiary/aromatic N) is 2. The van der Waals surface area contributed by atoms with Gasteiger partial charge in [0.15, 0.2) is 0 Å². The van der Waals surface area contributed by atoms with Crippen molar-refractivity contribution in [3.05, 3.63) is 54.9 Å². The molecular weight excluding hydrogens is 261 g/mol. The monoisotopic (exact) mass is 269 g/mol. The van der Waals surface area contributed by atoms with Gasteiger partial charge < -0.3 is 17.6 Å². The second-order valence-corrected chi connectivity index (χ2v) is 2.78. The SMILES string of the molecule is [CH-]=Cc1[c-]nc(-c2ccccn2)cc1.[Y]. The van der Waals surface area contributed by atoms with Gasteiger partial charge in [-0.2, -0.15) is 0 Å². The molecule has 0 atom stereocenters. The fraction of sp³-hybridized carbons (Fsp3) is 0. The van der Waals surface area contributed by atoms with Gasteiger partial charge in [-0.1, -0.05) is 6.07 Å². The van der Waals surface area contributed by atoms with Crippen LogP contribution >= 0.6 is 0 Å². The van der Waals surface area contributed by atoms with E-state index < -0.39 is 0 Å². The molecule has 0 fully saturated rings. The van der Waals surface area contributed by atoms with Crippen molar-refractivity contribution < 1.29 is 32.7 Å². The molecule has 3 heteroatoms. The summed E-state index contributed by atoms with van der Waals surface area (Å²) in [5.74, 6) is 0. The van der Waals surface area contributed by atoms with Crippen LogP contribution in [0.15, 0.2) is 36.5 Å². The molecule has 0 saturated heterocycles. The van der Waals surface area contributed by atoms with Gasteiger partial charge in [-0.3, -0.25) is 10.5 Å². The summed E-state index contributed by atoms with van der Waals surface area (Å²) in [6.07, 6.45) is 6.02. The van der Waals surface area contributed by atoms with Gasteiger partial charge in [0.25, 0.3) is 0 Å². The van der Waals surface area contributed by atoms with E-state index in [1.165, 1.54) is 6.08 Å². The van der Waals surface area contributed by atoms with E-state index >= 15 is 0 Å². The summed E-state index contributed by atoms with van der Waals surface area (Å²) in [6.45, 7) is 5.33. The minimum absolute atomic E-state index is 0. The maximum atomic E-state index is 5.33. The summed E-state index contributed by atoms with van der Waals surface area (Å²) in [5.41, 5.74) is 2.42. The minimum Gasteiger partial charge on any atom is -0.371 e. The minimum atomic E-state index is 0. The second kappa shape index (κ2) is 5.89. The Hall–Kier alpha value is -0.856. The average Bonchev–Trinajstić information content (AvgIpc) is 2.30. The van der Waals surface area contributed by atoms with E-state index in [1.54, 1.807) is 6.20 Å². The van der Waals surface area contributed by atoms with Crippen LogP contribution in [0.1, 0.15) is 5.56 Å². The standard InChI is InChI=1S/C12H8N2.Y/c1-2-10-6-7-12(14-9-10)11-5-3-4-8-13-11;/h1-8H;/q-2;. The molecular formula is C12H8N2Y-2. The number of hydrogen-bond acceptors (Lipinski definition) is 2. The van der Waals surface area contributed by atoms with E-state index in [-0.39, 0.29) is 32.7 Å². The molecule has 15 heavy (non-hydrogen) atoms. The van der Waals surface area contributed by atoms with Crippen LogP contribution in [0, 0.1) is 12.8 Å². The first-order chi connectivity index (χ1) is 6.90. The number of rotatable bonds is 2. The Labute approximate surface area is 114 Å². The quantitative estimate of drug-likeness (QED) is 0.782. The Balaban J connectivity index is 0.00000112. The Bertz CT molecular complexity index is 423.